The van der Waals surface area contributed by atoms with Gasteiger partial charge in [0.05, 0.1) is 28.6 Å². The number of halogens is 2. The highest BCUT2D eigenvalue weighted by atomic mass is 35.5. The maximum atomic E-state index is 11.8. The zero-order valence-corrected chi connectivity index (χ0v) is 10.3. The van der Waals surface area contributed by atoms with Crippen LogP contribution >= 0.6 is 34.5 Å². The molecule has 2 heterocycles. The van der Waals surface area contributed by atoms with Gasteiger partial charge in [0.25, 0.3) is 5.91 Å². The Morgan fingerprint density at radius 1 is 1.60 bits per heavy atom. The molecule has 1 aliphatic rings. The fraction of sp³-hybridized carbons (Fsp3) is 0.444. The zero-order valence-electron chi connectivity index (χ0n) is 7.96. The molecule has 0 aromatic carbocycles. The fourth-order valence-corrected chi connectivity index (χ4v) is 3.02. The third-order valence-corrected chi connectivity index (χ3v) is 3.72. The van der Waals surface area contributed by atoms with E-state index in [-0.39, 0.29) is 5.91 Å². The fourth-order valence-electron chi connectivity index (χ4n) is 1.58. The number of likely N-dealkylation sites (tertiary alicyclic amines) is 1. The lowest BCUT2D eigenvalue weighted by Crippen LogP contribution is -2.61. The molecule has 1 fully saturated rings. The average molecular weight is 266 g/mol. The quantitative estimate of drug-likeness (QED) is 0.847. The minimum Gasteiger partial charge on any atom is -0.386 e. The van der Waals surface area contributed by atoms with Crippen LogP contribution < -0.4 is 0 Å². The molecule has 0 aliphatic carbocycles. The molecule has 0 spiro atoms. The summed E-state index contributed by atoms with van der Waals surface area (Å²) in [5.41, 5.74) is -0.343. The highest BCUT2D eigenvalue weighted by molar-refractivity contribution is 7.20. The van der Waals surface area contributed by atoms with Crippen molar-refractivity contribution in [3.63, 3.8) is 0 Å². The van der Waals surface area contributed by atoms with E-state index >= 15 is 0 Å². The van der Waals surface area contributed by atoms with Gasteiger partial charge in [-0.15, -0.1) is 11.3 Å². The number of carbonyl (C=O) groups excluding carboxylic acids is 1. The van der Waals surface area contributed by atoms with E-state index in [2.05, 4.69) is 0 Å². The number of hydrogen-bond donors (Lipinski definition) is 1. The second-order valence-corrected chi connectivity index (χ2v) is 6.18. The molecule has 0 radical (unpaired) electrons. The number of amides is 1. The molecule has 0 unspecified atom stereocenters. The maximum Gasteiger partial charge on any atom is 0.256 e. The Labute approximate surface area is 101 Å². The summed E-state index contributed by atoms with van der Waals surface area (Å²) in [6.07, 6.45) is 0. The summed E-state index contributed by atoms with van der Waals surface area (Å²) >= 11 is 12.8. The predicted molar refractivity (Wildman–Crippen MR) is 60.9 cm³/mol. The molecule has 1 N–H and O–H groups in total. The molecule has 0 atom stereocenters. The van der Waals surface area contributed by atoms with Gasteiger partial charge in [0.1, 0.15) is 4.34 Å². The lowest BCUT2D eigenvalue weighted by Gasteiger charge is -2.44. The smallest absolute Gasteiger partial charge is 0.256 e. The minimum atomic E-state index is -0.762. The molecule has 1 aromatic heterocycles. The lowest BCUT2D eigenvalue weighted by molar-refractivity contribution is -0.0668. The van der Waals surface area contributed by atoms with Crippen molar-refractivity contribution < 1.29 is 9.90 Å². The average Bonchev–Trinajstić information content (AvgIpc) is 2.40. The van der Waals surface area contributed by atoms with Crippen molar-refractivity contribution >= 4 is 40.4 Å². The Morgan fingerprint density at radius 2 is 2.20 bits per heavy atom. The Kier molecular flexibility index (Phi) is 2.71. The van der Waals surface area contributed by atoms with Crippen LogP contribution in [0.5, 0.6) is 0 Å². The molecule has 1 saturated heterocycles. The Balaban J connectivity index is 2.13. The first-order valence-electron chi connectivity index (χ1n) is 4.35. The van der Waals surface area contributed by atoms with Crippen molar-refractivity contribution in [2.24, 2.45) is 0 Å². The number of carbonyl (C=O) groups is 1. The van der Waals surface area contributed by atoms with Crippen molar-refractivity contribution in [2.45, 2.75) is 12.5 Å². The van der Waals surface area contributed by atoms with Crippen molar-refractivity contribution in [3.05, 3.63) is 20.3 Å². The van der Waals surface area contributed by atoms with Crippen LogP contribution in [-0.4, -0.2) is 34.6 Å². The topological polar surface area (TPSA) is 40.5 Å². The Hall–Kier alpha value is -0.290. The van der Waals surface area contributed by atoms with Gasteiger partial charge in [-0.2, -0.15) is 0 Å². The molecule has 3 nitrogen and oxygen atoms in total. The van der Waals surface area contributed by atoms with Crippen LogP contribution in [0.1, 0.15) is 17.3 Å². The van der Waals surface area contributed by atoms with Gasteiger partial charge >= 0.3 is 0 Å². The number of hydrogen-bond acceptors (Lipinski definition) is 3. The second-order valence-electron chi connectivity index (χ2n) is 3.90. The van der Waals surface area contributed by atoms with Crippen LogP contribution in [0.15, 0.2) is 6.07 Å². The number of aliphatic hydroxyl groups is 1. The van der Waals surface area contributed by atoms with E-state index < -0.39 is 5.60 Å². The lowest BCUT2D eigenvalue weighted by atomic mass is 9.96. The molecule has 0 bridgehead atoms. The summed E-state index contributed by atoms with van der Waals surface area (Å²) in [6, 6.07) is 1.56. The van der Waals surface area contributed by atoms with Gasteiger partial charge in [-0.05, 0) is 13.0 Å². The van der Waals surface area contributed by atoms with Gasteiger partial charge in [-0.25, -0.2) is 0 Å². The standard InChI is InChI=1S/C9H9Cl2NO2S/c1-9(14)3-12(4-9)8(13)5-2-6(10)15-7(5)11/h2,14H,3-4H2,1H3. The van der Waals surface area contributed by atoms with Crippen LogP contribution in [0.3, 0.4) is 0 Å². The van der Waals surface area contributed by atoms with Crippen LogP contribution in [0.2, 0.25) is 8.67 Å². The van der Waals surface area contributed by atoms with Crippen LogP contribution in [0.4, 0.5) is 0 Å². The van der Waals surface area contributed by atoms with Crippen molar-refractivity contribution in [1.29, 1.82) is 0 Å². The van der Waals surface area contributed by atoms with Gasteiger partial charge in [0.15, 0.2) is 0 Å². The van der Waals surface area contributed by atoms with Gasteiger partial charge in [0, 0.05) is 0 Å². The largest absolute Gasteiger partial charge is 0.386 e. The number of thiophene rings is 1. The first-order valence-corrected chi connectivity index (χ1v) is 5.93. The van der Waals surface area contributed by atoms with E-state index in [4.69, 9.17) is 23.2 Å². The third-order valence-electron chi connectivity index (χ3n) is 2.24. The number of nitrogens with zero attached hydrogens (tertiary/aromatic N) is 1. The minimum absolute atomic E-state index is 0.172. The number of β-amino-alcohol motifs (C(OH)–C–C–N with tert-alkyl or cyclic N) is 1. The van der Waals surface area contributed by atoms with E-state index in [1.165, 1.54) is 11.3 Å². The summed E-state index contributed by atoms with van der Waals surface area (Å²) in [7, 11) is 0. The Morgan fingerprint density at radius 3 is 2.60 bits per heavy atom. The van der Waals surface area contributed by atoms with Gasteiger partial charge in [-0.1, -0.05) is 23.2 Å². The van der Waals surface area contributed by atoms with Crippen molar-refractivity contribution in [2.75, 3.05) is 13.1 Å². The summed E-state index contributed by atoms with van der Waals surface area (Å²) in [4.78, 5) is 13.4. The molecular weight excluding hydrogens is 257 g/mol. The van der Waals surface area contributed by atoms with E-state index in [0.29, 0.717) is 27.3 Å². The SMILES string of the molecule is CC1(O)CN(C(=O)c2cc(Cl)sc2Cl)C1. The van der Waals surface area contributed by atoms with Gasteiger partial charge in [-0.3, -0.25) is 4.79 Å². The van der Waals surface area contributed by atoms with E-state index in [0.717, 1.165) is 0 Å². The van der Waals surface area contributed by atoms with E-state index in [1.807, 2.05) is 0 Å². The highest BCUT2D eigenvalue weighted by Gasteiger charge is 2.40. The predicted octanol–water partition coefficient (Wildman–Crippen LogP) is 2.26. The summed E-state index contributed by atoms with van der Waals surface area (Å²) < 4.78 is 0.896. The summed E-state index contributed by atoms with van der Waals surface area (Å²) in [5.74, 6) is -0.172. The molecule has 0 saturated carbocycles. The summed E-state index contributed by atoms with van der Waals surface area (Å²) in [6.45, 7) is 2.38. The van der Waals surface area contributed by atoms with E-state index in [1.54, 1.807) is 17.9 Å². The number of rotatable bonds is 1. The van der Waals surface area contributed by atoms with E-state index in [9.17, 15) is 9.90 Å². The highest BCUT2D eigenvalue weighted by Crippen LogP contribution is 2.33. The second kappa shape index (κ2) is 3.63. The molecule has 1 aliphatic heterocycles. The van der Waals surface area contributed by atoms with Crippen LogP contribution in [0.25, 0.3) is 0 Å². The maximum absolute atomic E-state index is 11.8. The molecular formula is C9H9Cl2NO2S. The van der Waals surface area contributed by atoms with Crippen LogP contribution in [-0.2, 0) is 0 Å². The first kappa shape index (κ1) is 11.2. The van der Waals surface area contributed by atoms with Crippen molar-refractivity contribution in [3.8, 4) is 0 Å². The monoisotopic (exact) mass is 265 g/mol. The molecule has 2 rings (SSSR count). The molecule has 15 heavy (non-hydrogen) atoms. The van der Waals surface area contributed by atoms with Crippen LogP contribution in [0, 0.1) is 0 Å². The van der Waals surface area contributed by atoms with Gasteiger partial charge in [0.2, 0.25) is 0 Å². The molecule has 6 heteroatoms. The third kappa shape index (κ3) is 2.13. The molecule has 1 aromatic rings. The summed E-state index contributed by atoms with van der Waals surface area (Å²) in [5, 5.41) is 9.50. The first-order chi connectivity index (χ1) is 6.89. The molecule has 1 amide bonds. The Bertz CT molecular complexity index is 408. The van der Waals surface area contributed by atoms with Crippen molar-refractivity contribution in [1.82, 2.24) is 4.90 Å². The van der Waals surface area contributed by atoms with Gasteiger partial charge < -0.3 is 10.0 Å². The normalized spacial score (nSPS) is 18.8. The zero-order chi connectivity index (χ0) is 11.2. The molecule has 82 valence electrons.